The molecular formula is C8H13F3O11. The van der Waals surface area contributed by atoms with Gasteiger partial charge in [0.15, 0.2) is 0 Å². The molecule has 0 amide bonds. The summed E-state index contributed by atoms with van der Waals surface area (Å²) in [6.45, 7) is -2.33. The molecule has 0 fully saturated rings. The van der Waals surface area contributed by atoms with Gasteiger partial charge in [0.2, 0.25) is 0 Å². The van der Waals surface area contributed by atoms with Gasteiger partial charge in [-0.25, -0.2) is 19.2 Å². The highest BCUT2D eigenvalue weighted by atomic mass is 19.4. The van der Waals surface area contributed by atoms with Gasteiger partial charge in [0.25, 0.3) is 0 Å². The van der Waals surface area contributed by atoms with Crippen LogP contribution in [-0.2, 0) is 19.2 Å². The van der Waals surface area contributed by atoms with Gasteiger partial charge in [-0.05, 0) is 0 Å². The number of hydrogen-bond acceptors (Lipinski definition) is 7. The zero-order valence-electron chi connectivity index (χ0n) is 10.5. The number of hydrogen-bond donors (Lipinski definition) is 7. The third kappa shape index (κ3) is 52.7. The number of aliphatic carboxylic acids is 4. The van der Waals surface area contributed by atoms with Gasteiger partial charge in [-0.1, -0.05) is 0 Å². The van der Waals surface area contributed by atoms with Crippen molar-refractivity contribution in [1.82, 2.24) is 0 Å². The summed E-state index contributed by atoms with van der Waals surface area (Å²) in [7, 11) is 0. The summed E-state index contributed by atoms with van der Waals surface area (Å²) >= 11 is 0. The minimum absolute atomic E-state index is 0.778. The third-order valence-corrected chi connectivity index (χ3v) is 0.648. The molecule has 0 radical (unpaired) electrons. The van der Waals surface area contributed by atoms with E-state index in [1.807, 2.05) is 0 Å². The van der Waals surface area contributed by atoms with Gasteiger partial charge >= 0.3 is 30.1 Å². The van der Waals surface area contributed by atoms with E-state index in [0.29, 0.717) is 0 Å². The molecule has 0 atom stereocenters. The predicted octanol–water partition coefficient (Wildman–Crippen LogP) is -2.18. The van der Waals surface area contributed by atoms with Gasteiger partial charge in [-0.15, -0.1) is 0 Å². The monoisotopic (exact) mass is 342 g/mol. The van der Waals surface area contributed by atoms with Crippen molar-refractivity contribution >= 4 is 23.9 Å². The number of halogens is 3. The second-order valence-electron chi connectivity index (χ2n) is 2.46. The third-order valence-electron chi connectivity index (χ3n) is 0.648. The lowest BCUT2D eigenvalue weighted by molar-refractivity contribution is -0.192. The summed E-state index contributed by atoms with van der Waals surface area (Å²) in [6.07, 6.45) is -5.08. The van der Waals surface area contributed by atoms with Crippen LogP contribution in [0.4, 0.5) is 13.2 Å². The minimum atomic E-state index is -5.08. The Hall–Kier alpha value is -2.45. The van der Waals surface area contributed by atoms with Gasteiger partial charge in [0, 0.05) is 0 Å². The fourth-order valence-corrected chi connectivity index (χ4v) is 0. The van der Waals surface area contributed by atoms with E-state index in [1.54, 1.807) is 0 Å². The summed E-state index contributed by atoms with van der Waals surface area (Å²) < 4.78 is 31.7. The molecule has 11 nitrogen and oxygen atoms in total. The maximum absolute atomic E-state index is 10.6. The number of carboxylic acid groups (broad SMARTS) is 4. The number of aliphatic hydroxyl groups excluding tert-OH is 3. The summed E-state index contributed by atoms with van der Waals surface area (Å²) in [4.78, 5) is 36.2. The number of carbonyl (C=O) groups is 4. The van der Waals surface area contributed by atoms with E-state index in [-0.39, 0.29) is 0 Å². The van der Waals surface area contributed by atoms with Crippen LogP contribution in [-0.4, -0.2) is 85.6 Å². The maximum Gasteiger partial charge on any atom is 0.490 e. The van der Waals surface area contributed by atoms with E-state index >= 15 is 0 Å². The van der Waals surface area contributed by atoms with Crippen LogP contribution in [0.3, 0.4) is 0 Å². The zero-order chi connectivity index (χ0) is 18.9. The molecule has 0 aromatic heterocycles. The van der Waals surface area contributed by atoms with E-state index in [9.17, 15) is 13.2 Å². The average Bonchev–Trinajstić information content (AvgIpc) is 2.39. The highest BCUT2D eigenvalue weighted by Gasteiger charge is 2.38. The first-order chi connectivity index (χ1) is 9.75. The van der Waals surface area contributed by atoms with Gasteiger partial charge in [0.1, 0.15) is 19.8 Å². The normalized spacial score (nSPS) is 8.64. The number of aliphatic hydroxyl groups is 3. The summed E-state index contributed by atoms with van der Waals surface area (Å²) in [5.41, 5.74) is 0. The van der Waals surface area contributed by atoms with E-state index < -0.39 is 49.9 Å². The molecule has 0 rings (SSSR count). The van der Waals surface area contributed by atoms with Crippen LogP contribution in [0.25, 0.3) is 0 Å². The predicted molar refractivity (Wildman–Crippen MR) is 57.9 cm³/mol. The molecule has 0 heterocycles. The van der Waals surface area contributed by atoms with Crippen LogP contribution in [0.1, 0.15) is 0 Å². The van der Waals surface area contributed by atoms with Crippen molar-refractivity contribution in [3.05, 3.63) is 0 Å². The van der Waals surface area contributed by atoms with E-state index in [1.165, 1.54) is 0 Å². The van der Waals surface area contributed by atoms with Crippen LogP contribution in [0.2, 0.25) is 0 Å². The first-order valence-corrected chi connectivity index (χ1v) is 4.54. The molecule has 132 valence electrons. The largest absolute Gasteiger partial charge is 0.490 e. The second kappa shape index (κ2) is 16.6. The minimum Gasteiger partial charge on any atom is -0.480 e. The molecule has 0 saturated heterocycles. The molecule has 0 aromatic rings. The van der Waals surface area contributed by atoms with Gasteiger partial charge < -0.3 is 35.7 Å². The van der Waals surface area contributed by atoms with Crippen LogP contribution in [0, 0.1) is 0 Å². The standard InChI is InChI=1S/C2HF3O2.3C2H4O3/c3-2(4,5)1(6)7;3*3-1-2(4)5/h(H,6,7);3*3H,1H2,(H,4,5). The topological polar surface area (TPSA) is 210 Å². The Morgan fingerprint density at radius 3 is 0.727 bits per heavy atom. The molecule has 7 N–H and O–H groups in total. The van der Waals surface area contributed by atoms with Gasteiger partial charge in [-0.3, -0.25) is 0 Å². The van der Waals surface area contributed by atoms with Gasteiger partial charge in [-0.2, -0.15) is 13.2 Å². The van der Waals surface area contributed by atoms with Crippen LogP contribution in [0.5, 0.6) is 0 Å². The smallest absolute Gasteiger partial charge is 0.480 e. The summed E-state index contributed by atoms with van der Waals surface area (Å²) in [5.74, 6) is -6.33. The zero-order valence-corrected chi connectivity index (χ0v) is 10.5. The fraction of sp³-hybridized carbons (Fsp3) is 0.500. The van der Waals surface area contributed by atoms with E-state index in [0.717, 1.165) is 0 Å². The Labute approximate surface area is 119 Å². The van der Waals surface area contributed by atoms with Gasteiger partial charge in [0.05, 0.1) is 0 Å². The van der Waals surface area contributed by atoms with Crippen LogP contribution in [0.15, 0.2) is 0 Å². The van der Waals surface area contributed by atoms with Crippen molar-refractivity contribution < 1.29 is 68.1 Å². The van der Waals surface area contributed by atoms with Crippen molar-refractivity contribution in [2.45, 2.75) is 6.18 Å². The number of alkyl halides is 3. The maximum atomic E-state index is 10.6. The van der Waals surface area contributed by atoms with E-state index in [4.69, 9.17) is 54.9 Å². The van der Waals surface area contributed by atoms with Crippen molar-refractivity contribution in [3.8, 4) is 0 Å². The SMILES string of the molecule is O=C(O)C(F)(F)F.O=C(O)CO.O=C(O)CO.O=C(O)CO. The van der Waals surface area contributed by atoms with Crippen LogP contribution >= 0.6 is 0 Å². The first-order valence-electron chi connectivity index (χ1n) is 4.54. The fourth-order valence-electron chi connectivity index (χ4n) is 0. The summed E-state index contributed by atoms with van der Waals surface area (Å²) in [5, 5.41) is 52.2. The molecule has 0 aromatic carbocycles. The molecule has 0 aliphatic carbocycles. The molecule has 0 saturated carbocycles. The molecule has 0 unspecified atom stereocenters. The van der Waals surface area contributed by atoms with Crippen LogP contribution < -0.4 is 0 Å². The lowest BCUT2D eigenvalue weighted by atomic mass is 10.7. The Balaban J connectivity index is -0.0000000995. The number of rotatable bonds is 3. The van der Waals surface area contributed by atoms with Crippen molar-refractivity contribution in [2.75, 3.05) is 19.8 Å². The molecule has 14 heteroatoms. The highest BCUT2D eigenvalue weighted by Crippen LogP contribution is 2.13. The molecule has 0 aliphatic heterocycles. The lowest BCUT2D eigenvalue weighted by Gasteiger charge is -1.93. The van der Waals surface area contributed by atoms with E-state index in [2.05, 4.69) is 0 Å². The highest BCUT2D eigenvalue weighted by molar-refractivity contribution is 5.73. The van der Waals surface area contributed by atoms with Crippen molar-refractivity contribution in [3.63, 3.8) is 0 Å². The quantitative estimate of drug-likeness (QED) is 0.293. The number of carboxylic acids is 4. The Bertz CT molecular complexity index is 305. The Morgan fingerprint density at radius 2 is 0.727 bits per heavy atom. The first kappa shape index (κ1) is 27.8. The molecule has 0 spiro atoms. The second-order valence-corrected chi connectivity index (χ2v) is 2.46. The molecular weight excluding hydrogens is 329 g/mol. The lowest BCUT2D eigenvalue weighted by Crippen LogP contribution is -2.21. The Kier molecular flexibility index (Phi) is 21.0. The molecule has 0 bridgehead atoms. The Morgan fingerprint density at radius 1 is 0.636 bits per heavy atom. The molecule has 0 aliphatic rings. The molecule has 22 heavy (non-hydrogen) atoms. The average molecular weight is 342 g/mol. The summed E-state index contributed by atoms with van der Waals surface area (Å²) in [6, 6.07) is 0. The van der Waals surface area contributed by atoms with Crippen molar-refractivity contribution in [2.24, 2.45) is 0 Å². The van der Waals surface area contributed by atoms with Crippen molar-refractivity contribution in [1.29, 1.82) is 0 Å².